The fraction of sp³-hybridized carbons (Fsp3) is 1.00. The van der Waals surface area contributed by atoms with Crippen LogP contribution in [0.15, 0.2) is 0 Å². The monoisotopic (exact) mass is 378 g/mol. The number of alkyl halides is 9. The van der Waals surface area contributed by atoms with Crippen molar-refractivity contribution in [3.05, 3.63) is 0 Å². The highest BCUT2D eigenvalue weighted by Gasteiger charge is 2.81. The van der Waals surface area contributed by atoms with Gasteiger partial charge in [0.1, 0.15) is 0 Å². The minimum atomic E-state index is -6.92. The average Bonchev–Trinajstić information content (AvgIpc) is 2.46. The Labute approximate surface area is 132 Å². The normalized spacial score (nSPS) is 15.0. The molecule has 0 aliphatic rings. The fourth-order valence-electron chi connectivity index (χ4n) is 2.03. The van der Waals surface area contributed by atoms with E-state index in [4.69, 9.17) is 0 Å². The zero-order valence-corrected chi connectivity index (χ0v) is 12.7. The predicted octanol–water partition coefficient (Wildman–Crippen LogP) is 4.40. The summed E-state index contributed by atoms with van der Waals surface area (Å²) >= 11 is 0. The first-order chi connectivity index (χ1) is 10.6. The summed E-state index contributed by atoms with van der Waals surface area (Å²) in [6.45, 7) is -0.131. The molecule has 0 aromatic carbocycles. The minimum absolute atomic E-state index is 0.0756. The summed E-state index contributed by atoms with van der Waals surface area (Å²) in [7, 11) is 0. The third kappa shape index (κ3) is 4.47. The smallest absolute Gasteiger partial charge is 0.396 e. The van der Waals surface area contributed by atoms with Gasteiger partial charge in [0.15, 0.2) is 0 Å². The van der Waals surface area contributed by atoms with E-state index in [1.165, 1.54) is 0 Å². The van der Waals surface area contributed by atoms with Crippen molar-refractivity contribution in [3.8, 4) is 0 Å². The van der Waals surface area contributed by atoms with Gasteiger partial charge in [0.05, 0.1) is 13.2 Å². The summed E-state index contributed by atoms with van der Waals surface area (Å²) in [6.07, 6.45) is -9.21. The standard InChI is InChI=1S/C13H19F9O2/c1-2-3-4-9(7-23,8-24)5-6-10(14,15)11(16,17)12(18,19)13(20,21)22/h23-24H,2-8H2,1H3. The molecule has 0 aromatic heterocycles. The van der Waals surface area contributed by atoms with Crippen molar-refractivity contribution < 1.29 is 49.7 Å². The molecule has 0 aliphatic carbocycles. The Morgan fingerprint density at radius 2 is 1.12 bits per heavy atom. The predicted molar refractivity (Wildman–Crippen MR) is 66.3 cm³/mol. The van der Waals surface area contributed by atoms with Gasteiger partial charge in [-0.1, -0.05) is 19.8 Å². The van der Waals surface area contributed by atoms with E-state index in [0.717, 1.165) is 0 Å². The third-order valence-corrected chi connectivity index (χ3v) is 3.91. The Morgan fingerprint density at radius 1 is 0.667 bits per heavy atom. The van der Waals surface area contributed by atoms with Crippen LogP contribution in [0.5, 0.6) is 0 Å². The molecule has 0 amide bonds. The van der Waals surface area contributed by atoms with Crippen molar-refractivity contribution in [2.24, 2.45) is 5.41 Å². The highest BCUT2D eigenvalue weighted by molar-refractivity contribution is 5.01. The molecule has 0 unspecified atom stereocenters. The van der Waals surface area contributed by atoms with Crippen LogP contribution in [-0.2, 0) is 0 Å². The Bertz CT molecular complexity index is 389. The number of aliphatic hydroxyl groups excluding tert-OH is 2. The summed E-state index contributed by atoms with van der Waals surface area (Å²) in [6, 6.07) is 0. The maximum Gasteiger partial charge on any atom is 0.460 e. The van der Waals surface area contributed by atoms with Crippen LogP contribution in [0.2, 0.25) is 0 Å². The molecule has 0 aromatic rings. The molecule has 0 saturated heterocycles. The van der Waals surface area contributed by atoms with Gasteiger partial charge in [-0.15, -0.1) is 0 Å². The molecule has 0 spiro atoms. The lowest BCUT2D eigenvalue weighted by Gasteiger charge is -2.36. The quantitative estimate of drug-likeness (QED) is 0.554. The summed E-state index contributed by atoms with van der Waals surface area (Å²) in [5.74, 6) is -19.3. The molecule has 0 radical (unpaired) electrons. The lowest BCUT2D eigenvalue weighted by atomic mass is 9.78. The molecule has 0 atom stereocenters. The minimum Gasteiger partial charge on any atom is -0.396 e. The number of unbranched alkanes of at least 4 members (excludes halogenated alkanes) is 1. The molecule has 0 aliphatic heterocycles. The molecule has 146 valence electrons. The second-order valence-corrected chi connectivity index (χ2v) is 5.77. The molecule has 0 bridgehead atoms. The molecule has 2 N–H and O–H groups in total. The van der Waals surface area contributed by atoms with Crippen molar-refractivity contribution >= 4 is 0 Å². The zero-order valence-electron chi connectivity index (χ0n) is 12.7. The van der Waals surface area contributed by atoms with Gasteiger partial charge in [-0.2, -0.15) is 39.5 Å². The van der Waals surface area contributed by atoms with Gasteiger partial charge in [-0.25, -0.2) is 0 Å². The second kappa shape index (κ2) is 7.67. The number of hydrogen-bond acceptors (Lipinski definition) is 2. The van der Waals surface area contributed by atoms with Crippen LogP contribution in [0.1, 0.15) is 39.0 Å². The topological polar surface area (TPSA) is 40.5 Å². The third-order valence-electron chi connectivity index (χ3n) is 3.91. The van der Waals surface area contributed by atoms with E-state index in [1.807, 2.05) is 0 Å². The van der Waals surface area contributed by atoms with Crippen molar-refractivity contribution in [2.45, 2.75) is 63.0 Å². The average molecular weight is 378 g/mol. The van der Waals surface area contributed by atoms with Crippen LogP contribution >= 0.6 is 0 Å². The number of aliphatic hydroxyl groups is 2. The van der Waals surface area contributed by atoms with Gasteiger partial charge in [0.2, 0.25) is 0 Å². The van der Waals surface area contributed by atoms with Crippen LogP contribution < -0.4 is 0 Å². The van der Waals surface area contributed by atoms with E-state index in [9.17, 15) is 49.7 Å². The van der Waals surface area contributed by atoms with Gasteiger partial charge >= 0.3 is 23.9 Å². The van der Waals surface area contributed by atoms with Crippen molar-refractivity contribution in [1.29, 1.82) is 0 Å². The maximum atomic E-state index is 13.5. The lowest BCUT2D eigenvalue weighted by molar-refractivity contribution is -0.397. The molecule has 0 fully saturated rings. The summed E-state index contributed by atoms with van der Waals surface area (Å²) < 4.78 is 115. The van der Waals surface area contributed by atoms with Gasteiger partial charge in [-0.05, 0) is 12.8 Å². The van der Waals surface area contributed by atoms with Gasteiger partial charge < -0.3 is 10.2 Å². The van der Waals surface area contributed by atoms with Gasteiger partial charge in [0.25, 0.3) is 0 Å². The highest BCUT2D eigenvalue weighted by Crippen LogP contribution is 2.55. The number of halogens is 9. The SMILES string of the molecule is CCCCC(CO)(CO)CCC(F)(F)C(F)(F)C(F)(F)C(F)(F)F. The van der Waals surface area contributed by atoms with Crippen LogP contribution in [-0.4, -0.2) is 47.4 Å². The van der Waals surface area contributed by atoms with E-state index in [0.29, 0.717) is 12.8 Å². The zero-order chi connectivity index (χ0) is 19.4. The first-order valence-electron chi connectivity index (χ1n) is 7.06. The van der Waals surface area contributed by atoms with Crippen LogP contribution in [0.4, 0.5) is 39.5 Å². The Morgan fingerprint density at radius 3 is 1.46 bits per heavy atom. The first-order valence-corrected chi connectivity index (χ1v) is 7.06. The molecule has 0 heterocycles. The van der Waals surface area contributed by atoms with Crippen molar-refractivity contribution in [3.63, 3.8) is 0 Å². The van der Waals surface area contributed by atoms with Crippen molar-refractivity contribution in [1.82, 2.24) is 0 Å². The molecular formula is C13H19F9O2. The Kier molecular flexibility index (Phi) is 7.44. The highest BCUT2D eigenvalue weighted by atomic mass is 19.4. The summed E-state index contributed by atoms with van der Waals surface area (Å²) in [5.41, 5.74) is -1.66. The van der Waals surface area contributed by atoms with Gasteiger partial charge in [-0.3, -0.25) is 0 Å². The maximum absolute atomic E-state index is 13.5. The lowest BCUT2D eigenvalue weighted by Crippen LogP contribution is -2.61. The van der Waals surface area contributed by atoms with E-state index in [2.05, 4.69) is 0 Å². The van der Waals surface area contributed by atoms with E-state index < -0.39 is 55.4 Å². The second-order valence-electron chi connectivity index (χ2n) is 5.77. The number of hydrogen-bond donors (Lipinski definition) is 2. The molecule has 11 heteroatoms. The van der Waals surface area contributed by atoms with Crippen LogP contribution in [0.25, 0.3) is 0 Å². The van der Waals surface area contributed by atoms with Crippen LogP contribution in [0, 0.1) is 5.41 Å². The van der Waals surface area contributed by atoms with Crippen LogP contribution in [0.3, 0.4) is 0 Å². The fourth-order valence-corrected chi connectivity index (χ4v) is 2.03. The molecule has 24 heavy (non-hydrogen) atoms. The summed E-state index contributed by atoms with van der Waals surface area (Å²) in [5, 5.41) is 18.3. The molecular weight excluding hydrogens is 359 g/mol. The first kappa shape index (κ1) is 23.3. The summed E-state index contributed by atoms with van der Waals surface area (Å²) in [4.78, 5) is 0. The van der Waals surface area contributed by atoms with E-state index in [1.54, 1.807) is 6.92 Å². The Balaban J connectivity index is 5.38. The number of rotatable bonds is 10. The van der Waals surface area contributed by atoms with E-state index in [-0.39, 0.29) is 6.42 Å². The van der Waals surface area contributed by atoms with E-state index >= 15 is 0 Å². The largest absolute Gasteiger partial charge is 0.460 e. The Hall–Kier alpha value is -0.710. The molecule has 0 rings (SSSR count). The van der Waals surface area contributed by atoms with Crippen molar-refractivity contribution in [2.75, 3.05) is 13.2 Å². The van der Waals surface area contributed by atoms with Gasteiger partial charge in [0, 0.05) is 11.8 Å². The molecule has 0 saturated carbocycles. The molecule has 2 nitrogen and oxygen atoms in total.